The minimum atomic E-state index is -2.89. The SMILES string of the molecule is C/C=C\CCCC(=O)Oc1ccc(CO[N+](=O)[O-])cc1.FC(F)(/C=C/C1CCCC1)COc1ccccc1. The molecule has 0 saturated heterocycles. The average Bonchev–Trinajstić information content (AvgIpc) is 3.44. The molecular weight excluding hydrogens is 496 g/mol. The number of hydrogen-bond donors (Lipinski definition) is 0. The highest BCUT2D eigenvalue weighted by Crippen LogP contribution is 2.28. The normalized spacial score (nSPS) is 13.8. The number of halogens is 2. The second-order valence-corrected chi connectivity index (χ2v) is 8.84. The molecule has 2 aromatic carbocycles. The van der Waals surface area contributed by atoms with E-state index in [-0.39, 0.29) is 12.6 Å². The number of para-hydroxylation sites is 1. The van der Waals surface area contributed by atoms with Crippen LogP contribution in [0.1, 0.15) is 57.4 Å². The van der Waals surface area contributed by atoms with E-state index in [2.05, 4.69) is 4.84 Å². The Morgan fingerprint density at radius 1 is 1.08 bits per heavy atom. The highest BCUT2D eigenvalue weighted by molar-refractivity contribution is 5.72. The molecule has 0 atom stereocenters. The predicted molar refractivity (Wildman–Crippen MR) is 141 cm³/mol. The van der Waals surface area contributed by atoms with E-state index in [1.165, 1.54) is 0 Å². The molecule has 206 valence electrons. The van der Waals surface area contributed by atoms with E-state index in [0.717, 1.165) is 44.6 Å². The van der Waals surface area contributed by atoms with Gasteiger partial charge in [0.15, 0.2) is 6.61 Å². The van der Waals surface area contributed by atoms with Crippen molar-refractivity contribution in [3.8, 4) is 11.5 Å². The van der Waals surface area contributed by atoms with Crippen LogP contribution in [-0.4, -0.2) is 23.6 Å². The summed E-state index contributed by atoms with van der Waals surface area (Å²) in [5, 5.41) is 9.19. The first-order valence-electron chi connectivity index (χ1n) is 12.7. The van der Waals surface area contributed by atoms with Crippen LogP contribution >= 0.6 is 0 Å². The molecule has 0 bridgehead atoms. The van der Waals surface area contributed by atoms with Crippen molar-refractivity contribution in [1.82, 2.24) is 0 Å². The van der Waals surface area contributed by atoms with Gasteiger partial charge in [-0.3, -0.25) is 4.79 Å². The fraction of sp³-hybridized carbons (Fsp3) is 0.414. The van der Waals surface area contributed by atoms with E-state index in [9.17, 15) is 23.7 Å². The Hall–Kier alpha value is -3.75. The number of benzene rings is 2. The van der Waals surface area contributed by atoms with Gasteiger partial charge in [0.2, 0.25) is 0 Å². The first-order chi connectivity index (χ1) is 18.3. The lowest BCUT2D eigenvalue weighted by atomic mass is 10.1. The molecule has 7 nitrogen and oxygen atoms in total. The summed E-state index contributed by atoms with van der Waals surface area (Å²) < 4.78 is 37.3. The number of carbonyl (C=O) groups excluding carboxylic acids is 1. The largest absolute Gasteiger partial charge is 0.487 e. The first-order valence-corrected chi connectivity index (χ1v) is 12.7. The van der Waals surface area contributed by atoms with E-state index in [0.29, 0.717) is 29.4 Å². The minimum absolute atomic E-state index is 0.120. The number of nitrogens with zero attached hydrogens (tertiary/aromatic N) is 1. The van der Waals surface area contributed by atoms with Crippen LogP contribution in [0.4, 0.5) is 8.78 Å². The van der Waals surface area contributed by atoms with Gasteiger partial charge < -0.3 is 14.3 Å². The molecule has 0 heterocycles. The molecule has 0 aliphatic heterocycles. The molecule has 0 spiro atoms. The third kappa shape index (κ3) is 13.5. The van der Waals surface area contributed by atoms with Crippen LogP contribution in [-0.2, 0) is 16.2 Å². The van der Waals surface area contributed by atoms with Crippen LogP contribution in [0, 0.1) is 16.0 Å². The summed E-state index contributed by atoms with van der Waals surface area (Å²) in [5.74, 6) is -1.95. The molecule has 1 saturated carbocycles. The van der Waals surface area contributed by atoms with E-state index in [1.807, 2.05) is 25.1 Å². The number of carbonyl (C=O) groups is 1. The van der Waals surface area contributed by atoms with Crippen molar-refractivity contribution in [2.75, 3.05) is 6.61 Å². The zero-order valence-electron chi connectivity index (χ0n) is 21.6. The predicted octanol–water partition coefficient (Wildman–Crippen LogP) is 7.49. The fourth-order valence-electron chi connectivity index (χ4n) is 3.67. The van der Waals surface area contributed by atoms with Gasteiger partial charge >= 0.3 is 5.97 Å². The smallest absolute Gasteiger partial charge is 0.311 e. The van der Waals surface area contributed by atoms with Gasteiger partial charge in [0.05, 0.1) is 0 Å². The van der Waals surface area contributed by atoms with Crippen molar-refractivity contribution in [3.05, 3.63) is 94.6 Å². The zero-order chi connectivity index (χ0) is 27.6. The second-order valence-electron chi connectivity index (χ2n) is 8.84. The Labute approximate surface area is 222 Å². The maximum atomic E-state index is 13.6. The lowest BCUT2D eigenvalue weighted by molar-refractivity contribution is -0.763. The summed E-state index contributed by atoms with van der Waals surface area (Å²) in [6, 6.07) is 15.1. The van der Waals surface area contributed by atoms with E-state index < -0.39 is 17.6 Å². The zero-order valence-corrected chi connectivity index (χ0v) is 21.6. The van der Waals surface area contributed by atoms with Gasteiger partial charge in [0.25, 0.3) is 11.0 Å². The average molecular weight is 532 g/mol. The molecule has 0 unspecified atom stereocenters. The van der Waals surface area contributed by atoms with Crippen molar-refractivity contribution in [3.63, 3.8) is 0 Å². The standard InChI is InChI=1S/C15H18F2O.C14H17NO5/c16-15(17,11-10-13-6-4-5-7-13)12-18-14-8-2-1-3-9-14;1-2-3-4-5-6-14(16)20-13-9-7-12(8-10-13)11-19-15(17)18/h1-3,8-11,13H,4-7,12H2;2-3,7-10H,4-6,11H2,1H3/b11-10+;3-2-. The summed E-state index contributed by atoms with van der Waals surface area (Å²) in [4.78, 5) is 25.8. The third-order valence-corrected chi connectivity index (χ3v) is 5.67. The topological polar surface area (TPSA) is 87.9 Å². The van der Waals surface area contributed by atoms with Crippen LogP contribution < -0.4 is 9.47 Å². The minimum Gasteiger partial charge on any atom is -0.487 e. The van der Waals surface area contributed by atoms with Crippen molar-refractivity contribution in [1.29, 1.82) is 0 Å². The fourth-order valence-corrected chi connectivity index (χ4v) is 3.67. The Balaban J connectivity index is 0.000000268. The van der Waals surface area contributed by atoms with Crippen molar-refractivity contribution < 1.29 is 33.0 Å². The van der Waals surface area contributed by atoms with Gasteiger partial charge in [-0.15, -0.1) is 10.1 Å². The Morgan fingerprint density at radius 3 is 2.39 bits per heavy atom. The van der Waals surface area contributed by atoms with Crippen LogP contribution in [0.25, 0.3) is 0 Å². The molecule has 1 aliphatic carbocycles. The summed E-state index contributed by atoms with van der Waals surface area (Å²) in [6.07, 6.45) is 12.9. The van der Waals surface area contributed by atoms with Crippen molar-refractivity contribution in [2.45, 2.75) is 64.4 Å². The van der Waals surface area contributed by atoms with Crippen molar-refractivity contribution in [2.24, 2.45) is 5.92 Å². The molecule has 9 heteroatoms. The summed E-state index contributed by atoms with van der Waals surface area (Å²) in [7, 11) is 0. The van der Waals surface area contributed by atoms with Crippen LogP contribution in [0.15, 0.2) is 78.9 Å². The molecular formula is C29H35F2NO6. The van der Waals surface area contributed by atoms with Gasteiger partial charge in [0, 0.05) is 6.42 Å². The number of hydrogen-bond acceptors (Lipinski definition) is 6. The van der Waals surface area contributed by atoms with E-state index >= 15 is 0 Å². The Kier molecular flexibility index (Phi) is 13.5. The number of unbranched alkanes of at least 4 members (excludes halogenated alkanes) is 1. The van der Waals surface area contributed by atoms with E-state index in [1.54, 1.807) is 54.6 Å². The van der Waals surface area contributed by atoms with Crippen molar-refractivity contribution >= 4 is 5.97 Å². The van der Waals surface area contributed by atoms with Crippen LogP contribution in [0.5, 0.6) is 11.5 Å². The van der Waals surface area contributed by atoms with Gasteiger partial charge in [-0.1, -0.05) is 61.4 Å². The number of rotatable bonds is 13. The molecule has 0 N–H and O–H groups in total. The summed E-state index contributed by atoms with van der Waals surface area (Å²) in [5.41, 5.74) is 0.634. The molecule has 0 aromatic heterocycles. The third-order valence-electron chi connectivity index (χ3n) is 5.67. The molecule has 1 aliphatic rings. The highest BCUT2D eigenvalue weighted by Gasteiger charge is 2.27. The Morgan fingerprint density at radius 2 is 1.76 bits per heavy atom. The number of ether oxygens (including phenoxy) is 2. The Bertz CT molecular complexity index is 1020. The second kappa shape index (κ2) is 16.9. The summed E-state index contributed by atoms with van der Waals surface area (Å²) >= 11 is 0. The molecule has 38 heavy (non-hydrogen) atoms. The number of allylic oxidation sites excluding steroid dienone is 3. The maximum Gasteiger partial charge on any atom is 0.311 e. The van der Waals surface area contributed by atoms with Crippen LogP contribution in [0.2, 0.25) is 0 Å². The molecule has 0 amide bonds. The maximum absolute atomic E-state index is 13.6. The molecule has 0 radical (unpaired) electrons. The van der Waals surface area contributed by atoms with Gasteiger partial charge in [0.1, 0.15) is 18.1 Å². The van der Waals surface area contributed by atoms with E-state index in [4.69, 9.17) is 9.47 Å². The quantitative estimate of drug-likeness (QED) is 0.0664. The summed E-state index contributed by atoms with van der Waals surface area (Å²) in [6.45, 7) is 1.22. The lowest BCUT2D eigenvalue weighted by Gasteiger charge is -2.14. The van der Waals surface area contributed by atoms with Crippen LogP contribution in [0.3, 0.4) is 0 Å². The van der Waals surface area contributed by atoms with Gasteiger partial charge in [-0.2, -0.15) is 8.78 Å². The number of alkyl halides is 2. The number of esters is 1. The molecule has 1 fully saturated rings. The highest BCUT2D eigenvalue weighted by atomic mass is 19.3. The lowest BCUT2D eigenvalue weighted by Crippen LogP contribution is -2.23. The molecule has 2 aromatic rings. The van der Waals surface area contributed by atoms with Gasteiger partial charge in [-0.25, -0.2) is 0 Å². The monoisotopic (exact) mass is 531 g/mol. The van der Waals surface area contributed by atoms with Gasteiger partial charge in [-0.05, 0) is 74.4 Å². The molecule has 3 rings (SSSR count). The first kappa shape index (κ1) is 30.5.